The van der Waals surface area contributed by atoms with Crippen LogP contribution in [0.4, 0.5) is 4.39 Å². The number of aryl methyl sites for hydroxylation is 1. The van der Waals surface area contributed by atoms with Gasteiger partial charge in [0.25, 0.3) is 0 Å². The van der Waals surface area contributed by atoms with E-state index in [1.807, 2.05) is 19.2 Å². The molecule has 6 heteroatoms. The Morgan fingerprint density at radius 3 is 2.78 bits per heavy atom. The zero-order chi connectivity index (χ0) is 15.4. The Morgan fingerprint density at radius 2 is 2.13 bits per heavy atom. The van der Waals surface area contributed by atoms with Crippen LogP contribution in [0.25, 0.3) is 0 Å². The second-order valence-corrected chi connectivity index (χ2v) is 6.03. The zero-order valence-electron chi connectivity index (χ0n) is 13.3. The number of nitrogens with one attached hydrogen (secondary N) is 2. The summed E-state index contributed by atoms with van der Waals surface area (Å²) in [6.45, 7) is 5.04. The van der Waals surface area contributed by atoms with Gasteiger partial charge >= 0.3 is 0 Å². The summed E-state index contributed by atoms with van der Waals surface area (Å²) in [6, 6.07) is 6.98. The fraction of sp³-hybridized carbons (Fsp3) is 0.471. The Labute approximate surface area is 142 Å². The van der Waals surface area contributed by atoms with Crippen molar-refractivity contribution in [2.45, 2.75) is 31.7 Å². The lowest BCUT2D eigenvalue weighted by atomic mass is 9.74. The van der Waals surface area contributed by atoms with Gasteiger partial charge in [0.2, 0.25) is 0 Å². The fourth-order valence-corrected chi connectivity index (χ4v) is 3.14. The SMILES string of the molecule is Cc1[nH]ncc1CNCC1(c2cccc(F)c2)CCOCC1.Cl. The third-order valence-corrected chi connectivity index (χ3v) is 4.60. The molecule has 0 amide bonds. The molecule has 0 unspecified atom stereocenters. The van der Waals surface area contributed by atoms with Crippen LogP contribution < -0.4 is 5.32 Å². The number of aromatic nitrogens is 2. The first kappa shape index (κ1) is 17.9. The highest BCUT2D eigenvalue weighted by Crippen LogP contribution is 2.34. The summed E-state index contributed by atoms with van der Waals surface area (Å²) in [5, 5.41) is 10.5. The van der Waals surface area contributed by atoms with Crippen LogP contribution in [-0.4, -0.2) is 30.0 Å². The Bertz CT molecular complexity index is 626. The maximum absolute atomic E-state index is 13.6. The molecule has 2 heterocycles. The van der Waals surface area contributed by atoms with Crippen molar-refractivity contribution in [2.24, 2.45) is 0 Å². The first-order chi connectivity index (χ1) is 10.7. The largest absolute Gasteiger partial charge is 0.381 e. The third kappa shape index (κ3) is 4.10. The summed E-state index contributed by atoms with van der Waals surface area (Å²) >= 11 is 0. The quantitative estimate of drug-likeness (QED) is 0.880. The van der Waals surface area contributed by atoms with Gasteiger partial charge in [0.1, 0.15) is 5.82 Å². The molecule has 0 bridgehead atoms. The van der Waals surface area contributed by atoms with Gasteiger partial charge in [0.15, 0.2) is 0 Å². The molecule has 1 aromatic heterocycles. The lowest BCUT2D eigenvalue weighted by Gasteiger charge is -2.38. The predicted octanol–water partition coefficient (Wildman–Crippen LogP) is 3.12. The van der Waals surface area contributed by atoms with Crippen LogP contribution in [0.3, 0.4) is 0 Å². The van der Waals surface area contributed by atoms with Crippen LogP contribution >= 0.6 is 12.4 Å². The number of ether oxygens (including phenoxy) is 1. The molecular formula is C17H23ClFN3O. The van der Waals surface area contributed by atoms with Crippen molar-refractivity contribution in [1.29, 1.82) is 0 Å². The molecule has 1 saturated heterocycles. The molecule has 2 aromatic rings. The van der Waals surface area contributed by atoms with E-state index < -0.39 is 0 Å². The van der Waals surface area contributed by atoms with Crippen LogP contribution in [0.5, 0.6) is 0 Å². The van der Waals surface area contributed by atoms with Crippen LogP contribution in [0.1, 0.15) is 29.7 Å². The molecule has 4 nitrogen and oxygen atoms in total. The summed E-state index contributed by atoms with van der Waals surface area (Å²) < 4.78 is 19.1. The van der Waals surface area contributed by atoms with Gasteiger partial charge in [-0.15, -0.1) is 12.4 Å². The average molecular weight is 340 g/mol. The van der Waals surface area contributed by atoms with Gasteiger partial charge in [-0.1, -0.05) is 12.1 Å². The van der Waals surface area contributed by atoms with Gasteiger partial charge in [0, 0.05) is 43.0 Å². The Kier molecular flexibility index (Phi) is 6.16. The van der Waals surface area contributed by atoms with Crippen LogP contribution in [0, 0.1) is 12.7 Å². The summed E-state index contributed by atoms with van der Waals surface area (Å²) in [7, 11) is 0. The molecule has 0 saturated carbocycles. The van der Waals surface area contributed by atoms with Crippen molar-refractivity contribution in [2.75, 3.05) is 19.8 Å². The normalized spacial score (nSPS) is 16.8. The van der Waals surface area contributed by atoms with Crippen molar-refractivity contribution < 1.29 is 9.13 Å². The molecule has 126 valence electrons. The first-order valence-corrected chi connectivity index (χ1v) is 7.73. The number of halogens is 2. The molecule has 0 spiro atoms. The van der Waals surface area contributed by atoms with Crippen molar-refractivity contribution in [1.82, 2.24) is 15.5 Å². The molecule has 1 fully saturated rings. The summed E-state index contributed by atoms with van der Waals surface area (Å²) in [6.07, 6.45) is 3.67. The summed E-state index contributed by atoms with van der Waals surface area (Å²) in [5.41, 5.74) is 3.26. The topological polar surface area (TPSA) is 49.9 Å². The van der Waals surface area contributed by atoms with Gasteiger partial charge in [-0.25, -0.2) is 4.39 Å². The number of nitrogens with zero attached hydrogens (tertiary/aromatic N) is 1. The van der Waals surface area contributed by atoms with E-state index in [-0.39, 0.29) is 23.6 Å². The molecule has 3 rings (SSSR count). The molecule has 1 aliphatic heterocycles. The lowest BCUT2D eigenvalue weighted by molar-refractivity contribution is 0.0496. The minimum absolute atomic E-state index is 0. The van der Waals surface area contributed by atoms with E-state index in [1.54, 1.807) is 12.1 Å². The number of benzene rings is 1. The molecule has 2 N–H and O–H groups in total. The lowest BCUT2D eigenvalue weighted by Crippen LogP contribution is -2.42. The highest BCUT2D eigenvalue weighted by atomic mass is 35.5. The van der Waals surface area contributed by atoms with Crippen LogP contribution in [0.15, 0.2) is 30.5 Å². The Balaban J connectivity index is 0.00000192. The van der Waals surface area contributed by atoms with Gasteiger partial charge < -0.3 is 10.1 Å². The molecule has 1 aliphatic rings. The highest BCUT2D eigenvalue weighted by Gasteiger charge is 2.34. The van der Waals surface area contributed by atoms with E-state index in [9.17, 15) is 4.39 Å². The van der Waals surface area contributed by atoms with Crippen LogP contribution in [0.2, 0.25) is 0 Å². The van der Waals surface area contributed by atoms with Crippen molar-refractivity contribution in [3.05, 3.63) is 53.1 Å². The maximum Gasteiger partial charge on any atom is 0.123 e. The fourth-order valence-electron chi connectivity index (χ4n) is 3.14. The predicted molar refractivity (Wildman–Crippen MR) is 90.4 cm³/mol. The molecule has 0 aliphatic carbocycles. The number of hydrogen-bond acceptors (Lipinski definition) is 3. The van der Waals surface area contributed by atoms with Crippen molar-refractivity contribution in [3.8, 4) is 0 Å². The maximum atomic E-state index is 13.6. The van der Waals surface area contributed by atoms with Crippen molar-refractivity contribution in [3.63, 3.8) is 0 Å². The van der Waals surface area contributed by atoms with E-state index in [0.29, 0.717) is 0 Å². The standard InChI is InChI=1S/C17H22FN3O.ClH/c1-13-14(11-20-21-13)10-19-12-17(5-7-22-8-6-17)15-3-2-4-16(18)9-15;/h2-4,9,11,19H,5-8,10,12H2,1H3,(H,20,21);1H. The van der Waals surface area contributed by atoms with Gasteiger partial charge in [-0.2, -0.15) is 5.10 Å². The van der Waals surface area contributed by atoms with Crippen LogP contribution in [-0.2, 0) is 16.7 Å². The summed E-state index contributed by atoms with van der Waals surface area (Å²) in [4.78, 5) is 0. The van der Waals surface area contributed by atoms with Crippen molar-refractivity contribution >= 4 is 12.4 Å². The number of rotatable bonds is 5. The zero-order valence-corrected chi connectivity index (χ0v) is 14.1. The van der Waals surface area contributed by atoms with Gasteiger partial charge in [0.05, 0.1) is 6.20 Å². The minimum Gasteiger partial charge on any atom is -0.381 e. The summed E-state index contributed by atoms with van der Waals surface area (Å²) in [5.74, 6) is -0.172. The van der Waals surface area contributed by atoms with Gasteiger partial charge in [-0.05, 0) is 37.5 Å². The van der Waals surface area contributed by atoms with E-state index >= 15 is 0 Å². The van der Waals surface area contributed by atoms with E-state index in [2.05, 4.69) is 15.5 Å². The van der Waals surface area contributed by atoms with E-state index in [0.717, 1.165) is 50.4 Å². The molecule has 23 heavy (non-hydrogen) atoms. The average Bonchev–Trinajstić information content (AvgIpc) is 2.94. The second-order valence-electron chi connectivity index (χ2n) is 6.03. The van der Waals surface area contributed by atoms with E-state index in [1.165, 1.54) is 11.6 Å². The number of aromatic amines is 1. The highest BCUT2D eigenvalue weighted by molar-refractivity contribution is 5.85. The Morgan fingerprint density at radius 1 is 1.35 bits per heavy atom. The smallest absolute Gasteiger partial charge is 0.123 e. The first-order valence-electron chi connectivity index (χ1n) is 7.73. The third-order valence-electron chi connectivity index (χ3n) is 4.60. The molecule has 0 radical (unpaired) electrons. The Hall–Kier alpha value is -1.43. The second kappa shape index (κ2) is 7.90. The monoisotopic (exact) mass is 339 g/mol. The number of H-pyrrole nitrogens is 1. The molecule has 0 atom stereocenters. The minimum atomic E-state index is -0.172. The molecular weight excluding hydrogens is 317 g/mol. The molecule has 1 aromatic carbocycles. The van der Waals surface area contributed by atoms with Gasteiger partial charge in [-0.3, -0.25) is 5.10 Å². The number of hydrogen-bond donors (Lipinski definition) is 2. The van der Waals surface area contributed by atoms with E-state index in [4.69, 9.17) is 4.74 Å².